The van der Waals surface area contributed by atoms with Crippen LogP contribution in [0.15, 0.2) is 91.1 Å². The number of hydrogen-bond acceptors (Lipinski definition) is 4. The Hall–Kier alpha value is -4.72. The maximum Gasteiger partial charge on any atom is 0.322 e. The standard InChI is InChI=1S/C32H34N4O4/c1-4-5-19-34(32(38)33-25-18-17-24(39-2)21-29(25)40-3)22-30(37)36-27-15-10-9-14-26(27)35-20-11-16-28(35)31(36)23-12-7-6-8-13-23/h6-18,20-21,31H,4-5,19,22H2,1-3H3,(H,33,38). The molecule has 1 aromatic heterocycles. The van der Waals surface area contributed by atoms with Gasteiger partial charge in [0.2, 0.25) is 5.91 Å². The average Bonchev–Trinajstić information content (AvgIpc) is 3.49. The third kappa shape index (κ3) is 5.25. The zero-order valence-electron chi connectivity index (χ0n) is 23.0. The SMILES string of the molecule is CCCCN(CC(=O)N1c2ccccc2-n2cccc2C1c1ccccc1)C(=O)Nc1ccc(OC)cc1OC. The highest BCUT2D eigenvalue weighted by atomic mass is 16.5. The first kappa shape index (κ1) is 26.9. The van der Waals surface area contributed by atoms with Crippen LogP contribution >= 0.6 is 0 Å². The number of fused-ring (bicyclic) bond motifs is 3. The molecule has 1 atom stereocenters. The van der Waals surface area contributed by atoms with E-state index in [-0.39, 0.29) is 24.5 Å². The summed E-state index contributed by atoms with van der Waals surface area (Å²) >= 11 is 0. The lowest BCUT2D eigenvalue weighted by molar-refractivity contribution is -0.119. The number of unbranched alkanes of at least 4 members (excludes halogenated alkanes) is 1. The van der Waals surface area contributed by atoms with Crippen molar-refractivity contribution in [3.8, 4) is 17.2 Å². The average molecular weight is 539 g/mol. The van der Waals surface area contributed by atoms with Gasteiger partial charge in [-0.25, -0.2) is 4.79 Å². The van der Waals surface area contributed by atoms with Crippen molar-refractivity contribution in [2.24, 2.45) is 0 Å². The van der Waals surface area contributed by atoms with E-state index >= 15 is 0 Å². The van der Waals surface area contributed by atoms with E-state index in [2.05, 4.69) is 16.8 Å². The van der Waals surface area contributed by atoms with Gasteiger partial charge in [-0.05, 0) is 48.4 Å². The van der Waals surface area contributed by atoms with Crippen molar-refractivity contribution in [1.29, 1.82) is 0 Å². The Morgan fingerprint density at radius 1 is 0.900 bits per heavy atom. The molecule has 0 spiro atoms. The number of urea groups is 1. The number of carbonyl (C=O) groups excluding carboxylic acids is 2. The molecule has 2 heterocycles. The highest BCUT2D eigenvalue weighted by molar-refractivity contribution is 6.01. The normalized spacial score (nSPS) is 13.7. The summed E-state index contributed by atoms with van der Waals surface area (Å²) in [5.41, 5.74) is 4.22. The van der Waals surface area contributed by atoms with E-state index in [4.69, 9.17) is 9.47 Å². The lowest BCUT2D eigenvalue weighted by Gasteiger charge is -2.39. The smallest absolute Gasteiger partial charge is 0.322 e. The molecule has 8 nitrogen and oxygen atoms in total. The van der Waals surface area contributed by atoms with Gasteiger partial charge in [-0.15, -0.1) is 0 Å². The van der Waals surface area contributed by atoms with E-state index in [1.165, 1.54) is 7.11 Å². The van der Waals surface area contributed by atoms with Gasteiger partial charge in [0.05, 0.1) is 37.0 Å². The fraction of sp³-hybridized carbons (Fsp3) is 0.250. The minimum absolute atomic E-state index is 0.0807. The Balaban J connectivity index is 1.48. The van der Waals surface area contributed by atoms with Gasteiger partial charge < -0.3 is 24.3 Å². The molecule has 1 N–H and O–H groups in total. The van der Waals surface area contributed by atoms with Crippen LogP contribution in [0.5, 0.6) is 11.5 Å². The van der Waals surface area contributed by atoms with Crippen molar-refractivity contribution in [2.45, 2.75) is 25.8 Å². The van der Waals surface area contributed by atoms with Crippen LogP contribution in [-0.4, -0.2) is 48.7 Å². The van der Waals surface area contributed by atoms with Crippen LogP contribution in [0.4, 0.5) is 16.2 Å². The minimum atomic E-state index is -0.366. The molecule has 1 aliphatic rings. The molecule has 0 bridgehead atoms. The molecule has 0 saturated carbocycles. The van der Waals surface area contributed by atoms with Gasteiger partial charge >= 0.3 is 6.03 Å². The molecule has 8 heteroatoms. The molecule has 3 amide bonds. The summed E-state index contributed by atoms with van der Waals surface area (Å²) in [6.45, 7) is 2.42. The maximum absolute atomic E-state index is 14.3. The first-order valence-corrected chi connectivity index (χ1v) is 13.5. The molecule has 5 rings (SSSR count). The number of benzene rings is 3. The zero-order valence-corrected chi connectivity index (χ0v) is 23.0. The number of amides is 3. The molecular formula is C32H34N4O4. The van der Waals surface area contributed by atoms with Gasteiger partial charge in [-0.3, -0.25) is 9.69 Å². The molecule has 0 aliphatic carbocycles. The van der Waals surface area contributed by atoms with Crippen molar-refractivity contribution in [2.75, 3.05) is 37.5 Å². The van der Waals surface area contributed by atoms with E-state index in [1.54, 1.807) is 30.2 Å². The summed E-state index contributed by atoms with van der Waals surface area (Å²) in [6, 6.07) is 26.4. The van der Waals surface area contributed by atoms with Crippen LogP contribution < -0.4 is 19.7 Å². The van der Waals surface area contributed by atoms with Gasteiger partial charge in [-0.2, -0.15) is 0 Å². The second-order valence-electron chi connectivity index (χ2n) is 9.64. The third-order valence-electron chi connectivity index (χ3n) is 7.15. The molecule has 40 heavy (non-hydrogen) atoms. The van der Waals surface area contributed by atoms with Crippen LogP contribution in [0.25, 0.3) is 5.69 Å². The first-order chi connectivity index (χ1) is 19.5. The van der Waals surface area contributed by atoms with Crippen LogP contribution in [-0.2, 0) is 4.79 Å². The summed E-state index contributed by atoms with van der Waals surface area (Å²) in [5, 5.41) is 2.94. The molecular weight excluding hydrogens is 504 g/mol. The van der Waals surface area contributed by atoms with Gasteiger partial charge in [0.15, 0.2) is 0 Å². The predicted octanol–water partition coefficient (Wildman–Crippen LogP) is 6.26. The number of rotatable bonds is 9. The molecule has 1 aliphatic heterocycles. The van der Waals surface area contributed by atoms with Gasteiger partial charge in [0.25, 0.3) is 0 Å². The molecule has 0 saturated heterocycles. The fourth-order valence-electron chi connectivity index (χ4n) is 5.15. The van der Waals surface area contributed by atoms with Crippen molar-refractivity contribution in [1.82, 2.24) is 9.47 Å². The van der Waals surface area contributed by atoms with Gasteiger partial charge in [0, 0.05) is 18.8 Å². The number of aromatic nitrogens is 1. The number of nitrogens with zero attached hydrogens (tertiary/aromatic N) is 3. The summed E-state index contributed by atoms with van der Waals surface area (Å²) in [6.07, 6.45) is 3.67. The number of hydrogen-bond donors (Lipinski definition) is 1. The van der Waals surface area contributed by atoms with E-state index in [9.17, 15) is 9.59 Å². The first-order valence-electron chi connectivity index (χ1n) is 13.5. The number of anilines is 2. The number of nitrogens with one attached hydrogen (secondary N) is 1. The zero-order chi connectivity index (χ0) is 28.1. The maximum atomic E-state index is 14.3. The quantitative estimate of drug-likeness (QED) is 0.273. The summed E-state index contributed by atoms with van der Waals surface area (Å²) in [4.78, 5) is 31.2. The minimum Gasteiger partial charge on any atom is -0.497 e. The molecule has 0 fully saturated rings. The highest BCUT2D eigenvalue weighted by Gasteiger charge is 2.36. The Labute approximate surface area is 234 Å². The second kappa shape index (κ2) is 12.0. The monoisotopic (exact) mass is 538 g/mol. The number of carbonyl (C=O) groups is 2. The van der Waals surface area contributed by atoms with E-state index in [1.807, 2.05) is 77.8 Å². The van der Waals surface area contributed by atoms with Crippen molar-refractivity contribution >= 4 is 23.3 Å². The van der Waals surface area contributed by atoms with Crippen LogP contribution in [0.1, 0.15) is 37.1 Å². The lowest BCUT2D eigenvalue weighted by atomic mass is 9.97. The van der Waals surface area contributed by atoms with Crippen LogP contribution in [0, 0.1) is 0 Å². The summed E-state index contributed by atoms with van der Waals surface area (Å²) < 4.78 is 12.9. The largest absolute Gasteiger partial charge is 0.497 e. The number of methoxy groups -OCH3 is 2. The van der Waals surface area contributed by atoms with Crippen molar-refractivity contribution in [3.05, 3.63) is 102 Å². The van der Waals surface area contributed by atoms with Gasteiger partial charge in [0.1, 0.15) is 24.1 Å². The molecule has 4 aromatic rings. The topological polar surface area (TPSA) is 76.0 Å². The molecule has 1 unspecified atom stereocenters. The highest BCUT2D eigenvalue weighted by Crippen LogP contribution is 2.42. The van der Waals surface area contributed by atoms with Crippen molar-refractivity contribution < 1.29 is 19.1 Å². The Kier molecular flexibility index (Phi) is 8.05. The molecule has 0 radical (unpaired) electrons. The Morgan fingerprint density at radius 2 is 1.65 bits per heavy atom. The Morgan fingerprint density at radius 3 is 2.38 bits per heavy atom. The Bertz CT molecular complexity index is 1480. The van der Waals surface area contributed by atoms with E-state index in [0.29, 0.717) is 23.7 Å². The second-order valence-corrected chi connectivity index (χ2v) is 9.64. The molecule has 206 valence electrons. The summed E-state index contributed by atoms with van der Waals surface area (Å²) in [5.74, 6) is 0.930. The van der Waals surface area contributed by atoms with Crippen molar-refractivity contribution in [3.63, 3.8) is 0 Å². The number of ether oxygens (including phenoxy) is 2. The third-order valence-corrected chi connectivity index (χ3v) is 7.15. The van der Waals surface area contributed by atoms with E-state index < -0.39 is 0 Å². The molecule has 3 aromatic carbocycles. The summed E-state index contributed by atoms with van der Waals surface area (Å²) in [7, 11) is 3.11. The van der Waals surface area contributed by atoms with E-state index in [0.717, 1.165) is 35.5 Å². The van der Waals surface area contributed by atoms with Crippen LogP contribution in [0.3, 0.4) is 0 Å². The number of para-hydroxylation sites is 2. The predicted molar refractivity (Wildman–Crippen MR) is 157 cm³/mol. The fourth-order valence-corrected chi connectivity index (χ4v) is 5.15. The van der Waals surface area contributed by atoms with Crippen LogP contribution in [0.2, 0.25) is 0 Å². The van der Waals surface area contributed by atoms with Gasteiger partial charge in [-0.1, -0.05) is 55.8 Å². The lowest BCUT2D eigenvalue weighted by Crippen LogP contribution is -2.48.